The summed E-state index contributed by atoms with van der Waals surface area (Å²) in [5, 5.41) is 0. The maximum absolute atomic E-state index is 7.32. The van der Waals surface area contributed by atoms with E-state index in [1.54, 1.807) is 0 Å². The zero-order valence-electron chi connectivity index (χ0n) is 50.2. The van der Waals surface area contributed by atoms with Crippen molar-refractivity contribution >= 4 is 610 Å². The molecule has 0 N–H and O–H groups in total. The molecular formula is CHB86. The molecule has 0 spiro atoms. The van der Waals surface area contributed by atoms with E-state index in [2.05, 4.69) is 0 Å². The van der Waals surface area contributed by atoms with Gasteiger partial charge in [-0.2, -0.15) is 0 Å². The SMILES string of the molecule is [B][B]B([B])B(B([B])[B])B(B(B(B([B])[B])B([B])[B])B(B([B])[B])B([B])[B])C(B(B(B(B([B])[B])B([B])[B])B(B([B])[B])B([B])[B])B(B(B([B])[B])B([B])[B])B(B([B])[B])B([B])[B])B(B(B(B([B])[B])B([B])[B])B(B([B])[B])B([B])[B])B(B(B([B])[B])B([B])[B])B(B([B])[B])B([B])[B]. The quantitative estimate of drug-likeness (QED) is 0.0535. The lowest BCUT2D eigenvalue weighted by Crippen LogP contribution is -2.95. The Morgan fingerprint density at radius 1 is 0.138 bits per heavy atom. The van der Waals surface area contributed by atoms with Crippen LogP contribution >= 0.6 is 0 Å². The second kappa shape index (κ2) is 42.8. The second-order valence-electron chi connectivity index (χ2n) is 24.4. The van der Waals surface area contributed by atoms with Crippen LogP contribution in [0.5, 0.6) is 0 Å². The van der Waals surface area contributed by atoms with Crippen LogP contribution in [-0.4, -0.2) is 610 Å². The summed E-state index contributed by atoms with van der Waals surface area (Å²) in [7, 11) is 307. The van der Waals surface area contributed by atoms with Crippen molar-refractivity contribution in [3.8, 4) is 0 Å². The van der Waals surface area contributed by atoms with Crippen molar-refractivity contribution in [3.05, 3.63) is 0 Å². The standard InChI is InChI=1S/CHB86/c2-46-71(45)72(50(3)4)47(73(78(51(5)6)52(7)8)79(53(9)10)54(11)12)1(48(74(80(55(13)14)56(15)16)81(57(17)18)58(19)20)75(82(59(21)22)60(23)24)83(61(25)26)62(27)28)49(76(84(63(29)30)64(31)32)85(65(33)34)66(35)36)77(86(67(37)38)68(39)40)87(69(41)42)70(43)44/h1H. The zero-order chi connectivity index (χ0) is 69.0. The molecule has 0 atom stereocenters. The van der Waals surface area contributed by atoms with Crippen LogP contribution in [0.3, 0.4) is 0 Å². The molecule has 0 fully saturated rings. The van der Waals surface area contributed by atoms with Crippen LogP contribution < -0.4 is 0 Å². The Balaban J connectivity index is 13.4. The van der Waals surface area contributed by atoms with Crippen LogP contribution in [0.1, 0.15) is 0 Å². The molecule has 0 nitrogen and oxygen atoms in total. The highest BCUT2D eigenvalue weighted by molar-refractivity contribution is 8.31. The first kappa shape index (κ1) is 92.6. The average molecular weight is 943 g/mol. The molecule has 0 aliphatic heterocycles. The van der Waals surface area contributed by atoms with Gasteiger partial charge < -0.3 is 0 Å². The van der Waals surface area contributed by atoms with Crippen LogP contribution in [0.25, 0.3) is 0 Å². The van der Waals surface area contributed by atoms with Gasteiger partial charge in [-0.15, -0.1) is 5.62 Å². The summed E-state index contributed by atoms with van der Waals surface area (Å²) in [6.45, 7) is -5.86. The Hall–Kier alpha value is 5.58. The van der Waals surface area contributed by atoms with Gasteiger partial charge in [-0.25, -0.2) is 0 Å². The number of hydrogen-bond donors (Lipinski definition) is 0. The monoisotopic (exact) mass is 960 g/mol. The molecule has 0 aliphatic rings. The molecule has 263 valence electrons. The summed E-state index contributed by atoms with van der Waals surface area (Å²) in [6.07, 6.45) is -65.4. The van der Waals surface area contributed by atoms with Gasteiger partial charge in [0.25, 0.3) is 0 Å². The van der Waals surface area contributed by atoms with Crippen LogP contribution in [0.15, 0.2) is 0 Å². The highest BCUT2D eigenvalue weighted by Crippen LogP contribution is 2.37. The topological polar surface area (TPSA) is 0 Å². The predicted molar refractivity (Wildman–Crippen MR) is 499 cm³/mol. The second-order valence-corrected chi connectivity index (χ2v) is 24.4. The Labute approximate surface area is 609 Å². The van der Waals surface area contributed by atoms with Gasteiger partial charge in [-0.1, -0.05) is 0 Å². The first-order valence-corrected chi connectivity index (χ1v) is 28.7. The third kappa shape index (κ3) is 25.0. The summed E-state index contributed by atoms with van der Waals surface area (Å²) in [4.78, 5) is 0. The highest BCUT2D eigenvalue weighted by Gasteiger charge is 2.66. The fraction of sp³-hybridized carbons (Fsp3) is 1.00. The molecule has 0 bridgehead atoms. The predicted octanol–water partition coefficient (Wildman–Crippen LogP) is -32.4. The molecular weight excluding hydrogens is 942 g/mol. The Bertz CT molecular complexity index is 1380. The maximum atomic E-state index is 7.32. The molecule has 0 saturated carbocycles. The molecule has 0 heterocycles. The lowest BCUT2D eigenvalue weighted by Gasteiger charge is -2.63. The van der Waals surface area contributed by atoms with Gasteiger partial charge in [0.15, 0.2) is 0 Å². The summed E-state index contributed by atoms with van der Waals surface area (Å²) >= 11 is 0. The summed E-state index contributed by atoms with van der Waals surface area (Å²) < 4.78 is 0. The number of hydrogen-bond acceptors (Lipinski definition) is 0. The molecule has 0 aromatic heterocycles. The summed E-state index contributed by atoms with van der Waals surface area (Å²) in [5.41, 5.74) is -2.05. The van der Waals surface area contributed by atoms with Gasteiger partial charge in [-0.3, -0.25) is 0 Å². The molecule has 0 amide bonds. The van der Waals surface area contributed by atoms with E-state index in [1.165, 1.54) is 0 Å². The third-order valence-corrected chi connectivity index (χ3v) is 18.4. The van der Waals surface area contributed by atoms with Crippen LogP contribution in [-0.2, 0) is 0 Å². The lowest BCUT2D eigenvalue weighted by molar-refractivity contribution is 1.80. The highest BCUT2D eigenvalue weighted by atomic mass is 13.7. The van der Waals surface area contributed by atoms with E-state index in [0.29, 0.717) is 0 Å². The van der Waals surface area contributed by atoms with Crippen LogP contribution in [0.4, 0.5) is 0 Å². The van der Waals surface area contributed by atoms with E-state index in [9.17, 15) is 0 Å². The van der Waals surface area contributed by atoms with Crippen molar-refractivity contribution in [2.24, 2.45) is 0 Å². The van der Waals surface area contributed by atoms with E-state index in [4.69, 9.17) is 340 Å². The lowest BCUT2D eigenvalue weighted by atomic mass is 8.27. The summed E-state index contributed by atoms with van der Waals surface area (Å²) in [5.74, 6) is 0. The molecule has 86 heteroatoms. The third-order valence-electron chi connectivity index (χ3n) is 18.4. The molecule has 0 rings (SSSR count). The zero-order valence-corrected chi connectivity index (χ0v) is 50.2. The fourth-order valence-electron chi connectivity index (χ4n) is 15.5. The van der Waals surface area contributed by atoms with E-state index in [-0.39, 0.29) is 0 Å². The Morgan fingerprint density at radius 3 is 0.310 bits per heavy atom. The van der Waals surface area contributed by atoms with Gasteiger partial charge in [0.2, 0.25) is 0 Å². The van der Waals surface area contributed by atoms with Crippen molar-refractivity contribution in [2.75, 3.05) is 0 Å². The van der Waals surface area contributed by atoms with Gasteiger partial charge in [0.1, 0.15) is 0 Å². The first-order chi connectivity index (χ1) is 39.6. The van der Waals surface area contributed by atoms with E-state index in [1.807, 2.05) is 0 Å². The van der Waals surface area contributed by atoms with Crippen molar-refractivity contribution in [3.63, 3.8) is 0 Å². The normalized spacial score (nSPS) is 9.90. The molecule has 87 heavy (non-hydrogen) atoms. The molecule has 0 aliphatic carbocycles. The minimum absolute atomic E-state index is 1.00. The minimum atomic E-state index is -2.05. The van der Waals surface area contributed by atoms with Gasteiger partial charge in [0, 0.05) is 610 Å². The van der Waals surface area contributed by atoms with Gasteiger partial charge >= 0.3 is 0 Å². The Morgan fingerprint density at radius 2 is 0.230 bits per heavy atom. The smallest absolute Gasteiger partial charge is 0.0294 e. The number of rotatable bonds is 42. The largest absolute Gasteiger partial charge is 0.146 e. The molecule has 0 saturated heterocycles. The van der Waals surface area contributed by atoms with Crippen molar-refractivity contribution in [1.29, 1.82) is 0 Å². The molecule has 0 aromatic rings. The summed E-state index contributed by atoms with van der Waals surface area (Å²) in [6, 6.07) is 0. The van der Waals surface area contributed by atoms with E-state index < -0.39 is 268 Å². The maximum Gasteiger partial charge on any atom is 0.0294 e. The molecule has 0 aromatic carbocycles. The van der Waals surface area contributed by atoms with Crippen molar-refractivity contribution in [1.82, 2.24) is 0 Å². The van der Waals surface area contributed by atoms with Crippen LogP contribution in [0, 0.1) is 0 Å². The average Bonchev–Trinajstić information content (AvgIpc) is 3.29. The van der Waals surface area contributed by atoms with Crippen LogP contribution in [0.2, 0.25) is 5.62 Å². The van der Waals surface area contributed by atoms with E-state index >= 15 is 0 Å². The minimum Gasteiger partial charge on any atom is -0.146 e. The van der Waals surface area contributed by atoms with Crippen molar-refractivity contribution < 1.29 is 0 Å². The first-order valence-electron chi connectivity index (χ1n) is 28.7. The Kier molecular flexibility index (Phi) is 45.5. The fourth-order valence-corrected chi connectivity index (χ4v) is 15.5. The van der Waals surface area contributed by atoms with Gasteiger partial charge in [-0.05, 0) is 0 Å². The van der Waals surface area contributed by atoms with E-state index in [0.717, 1.165) is 7.06 Å². The molecule has 0 unspecified atom stereocenters. The molecule has 89 radical (unpaired) electrons. The van der Waals surface area contributed by atoms with Gasteiger partial charge in [0.05, 0.1) is 0 Å². The van der Waals surface area contributed by atoms with Crippen molar-refractivity contribution in [2.45, 2.75) is 5.62 Å².